The number of carbonyl (C=O) groups excluding carboxylic acids is 2. The lowest BCUT2D eigenvalue weighted by Crippen LogP contribution is -2.31. The number of hydrogen-bond acceptors (Lipinski definition) is 4. The van der Waals surface area contributed by atoms with Crippen LogP contribution in [0.1, 0.15) is 34.3 Å². The molecule has 2 aliphatic rings. The second kappa shape index (κ2) is 9.70. The number of nitrogens with one attached hydrogen (secondary N) is 1. The Morgan fingerprint density at radius 3 is 2.57 bits per heavy atom. The maximum absolute atomic E-state index is 12.6. The second-order valence-corrected chi connectivity index (χ2v) is 10.2. The molecule has 6 heteroatoms. The Balaban J connectivity index is 1.20. The lowest BCUT2D eigenvalue weighted by molar-refractivity contribution is -0.146. The second-order valence-electron chi connectivity index (χ2n) is 9.33. The number of ether oxygens (including phenoxy) is 2. The SMILES string of the molecule is C=C1CC2COC(=O)C2(Cc2ccc(OCc3ccc(C(=O)Nc4ccccc4)cc3)c(Br)c2)C1. The van der Waals surface area contributed by atoms with Gasteiger partial charge in [-0.15, -0.1) is 0 Å². The molecular formula is C29H26BrNO4. The fourth-order valence-corrected chi connectivity index (χ4v) is 5.58. The summed E-state index contributed by atoms with van der Waals surface area (Å²) in [5, 5.41) is 2.88. The molecule has 0 radical (unpaired) electrons. The largest absolute Gasteiger partial charge is 0.488 e. The molecule has 1 aliphatic heterocycles. The topological polar surface area (TPSA) is 64.6 Å². The third kappa shape index (κ3) is 4.89. The summed E-state index contributed by atoms with van der Waals surface area (Å²) in [6.07, 6.45) is 2.20. The molecule has 5 nitrogen and oxygen atoms in total. The summed E-state index contributed by atoms with van der Waals surface area (Å²) in [5.74, 6) is 0.688. The van der Waals surface area contributed by atoms with Crippen molar-refractivity contribution >= 4 is 33.5 Å². The Labute approximate surface area is 213 Å². The fourth-order valence-electron chi connectivity index (χ4n) is 5.04. The highest BCUT2D eigenvalue weighted by atomic mass is 79.9. The van der Waals surface area contributed by atoms with E-state index in [1.807, 2.05) is 60.7 Å². The molecule has 5 rings (SSSR count). The normalized spacial score (nSPS) is 20.9. The van der Waals surface area contributed by atoms with E-state index in [4.69, 9.17) is 9.47 Å². The van der Waals surface area contributed by atoms with Gasteiger partial charge in [0.05, 0.1) is 16.5 Å². The first-order valence-corrected chi connectivity index (χ1v) is 12.4. The van der Waals surface area contributed by atoms with Crippen LogP contribution in [0.25, 0.3) is 0 Å². The minimum atomic E-state index is -0.479. The van der Waals surface area contributed by atoms with Crippen molar-refractivity contribution < 1.29 is 19.1 Å². The van der Waals surface area contributed by atoms with Gasteiger partial charge in [-0.2, -0.15) is 0 Å². The van der Waals surface area contributed by atoms with Crippen LogP contribution in [-0.2, 0) is 22.6 Å². The Morgan fingerprint density at radius 1 is 1.09 bits per heavy atom. The highest BCUT2D eigenvalue weighted by molar-refractivity contribution is 9.10. The molecule has 1 saturated heterocycles. The Bertz CT molecular complexity index is 1270. The molecule has 1 aliphatic carbocycles. The van der Waals surface area contributed by atoms with Gasteiger partial charge in [-0.05, 0) is 82.7 Å². The number of fused-ring (bicyclic) bond motifs is 1. The van der Waals surface area contributed by atoms with Crippen LogP contribution in [0, 0.1) is 11.3 Å². The smallest absolute Gasteiger partial charge is 0.313 e. The third-order valence-corrected chi connectivity index (χ3v) is 7.48. The van der Waals surface area contributed by atoms with E-state index in [9.17, 15) is 9.59 Å². The molecule has 2 unspecified atom stereocenters. The summed E-state index contributed by atoms with van der Waals surface area (Å²) in [7, 11) is 0. The van der Waals surface area contributed by atoms with Crippen LogP contribution in [0.2, 0.25) is 0 Å². The summed E-state index contributed by atoms with van der Waals surface area (Å²) in [6.45, 7) is 4.98. The summed E-state index contributed by atoms with van der Waals surface area (Å²) < 4.78 is 12.2. The number of carbonyl (C=O) groups is 2. The van der Waals surface area contributed by atoms with Crippen LogP contribution in [0.4, 0.5) is 5.69 Å². The van der Waals surface area contributed by atoms with Gasteiger partial charge in [0, 0.05) is 17.2 Å². The van der Waals surface area contributed by atoms with Gasteiger partial charge in [0.15, 0.2) is 0 Å². The minimum absolute atomic E-state index is 0.0986. The number of benzene rings is 3. The fraction of sp³-hybridized carbons (Fsp3) is 0.241. The van der Waals surface area contributed by atoms with E-state index in [-0.39, 0.29) is 17.8 Å². The zero-order chi connectivity index (χ0) is 24.4. The lowest BCUT2D eigenvalue weighted by Gasteiger charge is -2.24. The summed E-state index contributed by atoms with van der Waals surface area (Å²) in [5.41, 5.74) is 4.02. The van der Waals surface area contributed by atoms with Gasteiger partial charge < -0.3 is 14.8 Å². The first kappa shape index (κ1) is 23.4. The average Bonchev–Trinajstić information content (AvgIpc) is 3.32. The molecule has 0 spiro atoms. The molecule has 2 atom stereocenters. The van der Waals surface area contributed by atoms with Crippen molar-refractivity contribution in [3.8, 4) is 5.75 Å². The number of hydrogen-bond donors (Lipinski definition) is 1. The number of rotatable bonds is 7. The monoisotopic (exact) mass is 531 g/mol. The molecule has 178 valence electrons. The Hall–Kier alpha value is -3.38. The van der Waals surface area contributed by atoms with Crippen LogP contribution in [-0.4, -0.2) is 18.5 Å². The zero-order valence-corrected chi connectivity index (χ0v) is 20.8. The first-order chi connectivity index (χ1) is 16.9. The molecule has 1 heterocycles. The number of esters is 1. The Kier molecular flexibility index (Phi) is 6.48. The van der Waals surface area contributed by atoms with Crippen molar-refractivity contribution in [3.05, 3.63) is 106 Å². The molecule has 1 saturated carbocycles. The predicted molar refractivity (Wildman–Crippen MR) is 138 cm³/mol. The maximum Gasteiger partial charge on any atom is 0.313 e. The van der Waals surface area contributed by atoms with Crippen molar-refractivity contribution in [1.29, 1.82) is 0 Å². The molecule has 0 aromatic heterocycles. The van der Waals surface area contributed by atoms with Gasteiger partial charge in [0.2, 0.25) is 0 Å². The van der Waals surface area contributed by atoms with Crippen molar-refractivity contribution in [3.63, 3.8) is 0 Å². The summed E-state index contributed by atoms with van der Waals surface area (Å²) in [4.78, 5) is 25.0. The van der Waals surface area contributed by atoms with Gasteiger partial charge in [0.25, 0.3) is 5.91 Å². The zero-order valence-electron chi connectivity index (χ0n) is 19.3. The molecular weight excluding hydrogens is 506 g/mol. The lowest BCUT2D eigenvalue weighted by atomic mass is 9.75. The van der Waals surface area contributed by atoms with E-state index in [0.29, 0.717) is 31.6 Å². The molecule has 3 aromatic rings. The van der Waals surface area contributed by atoms with E-state index < -0.39 is 5.41 Å². The van der Waals surface area contributed by atoms with Crippen molar-refractivity contribution in [2.24, 2.45) is 11.3 Å². The molecule has 1 N–H and O–H groups in total. The number of amides is 1. The number of anilines is 1. The summed E-state index contributed by atoms with van der Waals surface area (Å²) >= 11 is 3.62. The van der Waals surface area contributed by atoms with E-state index >= 15 is 0 Å². The molecule has 2 fully saturated rings. The number of halogens is 1. The predicted octanol–water partition coefficient (Wildman–Crippen LogP) is 6.33. The quantitative estimate of drug-likeness (QED) is 0.285. The van der Waals surface area contributed by atoms with Crippen LogP contribution in [0.5, 0.6) is 5.75 Å². The van der Waals surface area contributed by atoms with Gasteiger partial charge in [-0.1, -0.05) is 48.6 Å². The first-order valence-electron chi connectivity index (χ1n) is 11.6. The van der Waals surface area contributed by atoms with Crippen LogP contribution in [0.3, 0.4) is 0 Å². The molecule has 3 aromatic carbocycles. The van der Waals surface area contributed by atoms with Crippen molar-refractivity contribution in [2.75, 3.05) is 11.9 Å². The average molecular weight is 532 g/mol. The molecule has 1 amide bonds. The van der Waals surface area contributed by atoms with Gasteiger partial charge in [0.1, 0.15) is 12.4 Å². The minimum Gasteiger partial charge on any atom is -0.488 e. The van der Waals surface area contributed by atoms with E-state index in [1.54, 1.807) is 12.1 Å². The Morgan fingerprint density at radius 2 is 1.83 bits per heavy atom. The van der Waals surface area contributed by atoms with Crippen LogP contribution in [0.15, 0.2) is 89.4 Å². The highest BCUT2D eigenvalue weighted by Gasteiger charge is 2.55. The van der Waals surface area contributed by atoms with Gasteiger partial charge >= 0.3 is 5.97 Å². The maximum atomic E-state index is 12.6. The standard InChI is InChI=1S/C29H26BrNO4/c1-19-13-23-18-35-28(33)29(23,15-19)16-21-9-12-26(25(30)14-21)34-17-20-7-10-22(11-8-20)27(32)31-24-5-3-2-4-6-24/h2-12,14,23H,1,13,15-18H2,(H,31,32). The third-order valence-electron chi connectivity index (χ3n) is 6.86. The molecule has 35 heavy (non-hydrogen) atoms. The summed E-state index contributed by atoms with van der Waals surface area (Å²) in [6, 6.07) is 22.7. The number of cyclic esters (lactones) is 1. The van der Waals surface area contributed by atoms with Crippen LogP contribution >= 0.6 is 15.9 Å². The number of para-hydroxylation sites is 1. The van der Waals surface area contributed by atoms with Crippen molar-refractivity contribution in [2.45, 2.75) is 25.9 Å². The molecule has 0 bridgehead atoms. The van der Waals surface area contributed by atoms with Crippen molar-refractivity contribution in [1.82, 2.24) is 0 Å². The highest BCUT2D eigenvalue weighted by Crippen LogP contribution is 2.52. The van der Waals surface area contributed by atoms with Gasteiger partial charge in [-0.25, -0.2) is 0 Å². The van der Waals surface area contributed by atoms with E-state index in [0.717, 1.165) is 39.0 Å². The number of allylic oxidation sites excluding steroid dienone is 1. The van der Waals surface area contributed by atoms with Gasteiger partial charge in [-0.3, -0.25) is 9.59 Å². The van der Waals surface area contributed by atoms with Crippen LogP contribution < -0.4 is 10.1 Å². The van der Waals surface area contributed by atoms with E-state index in [2.05, 4.69) is 27.8 Å². The van der Waals surface area contributed by atoms with E-state index in [1.165, 1.54) is 0 Å².